The van der Waals surface area contributed by atoms with Gasteiger partial charge in [-0.2, -0.15) is 0 Å². The van der Waals surface area contributed by atoms with E-state index in [1.165, 1.54) is 16.5 Å². The standard InChI is InChI=1S/C26H29FN2O3/c1-17-11-24(31-2)22(21-7-9-28-25(17)21)15-29-10-8-26(12-19(27)13-26)14-23(29)18-3-5-20(6-4-18)32-16-30/h3-7,9,11,16,19,23,28H,8,10,12-15H2,1-2H3/t19?,23-,26?/m1/s1. The Morgan fingerprint density at radius 3 is 2.69 bits per heavy atom. The summed E-state index contributed by atoms with van der Waals surface area (Å²) in [6, 6.07) is 12.1. The number of H-pyrrole nitrogens is 1. The highest BCUT2D eigenvalue weighted by Gasteiger charge is 2.49. The maximum Gasteiger partial charge on any atom is 0.298 e. The lowest BCUT2D eigenvalue weighted by molar-refractivity contribution is -0.120. The fraction of sp³-hybridized carbons (Fsp3) is 0.423. The highest BCUT2D eigenvalue weighted by Crippen LogP contribution is 2.55. The number of nitrogens with zero attached hydrogens (tertiary/aromatic N) is 1. The molecular formula is C26H29FN2O3. The van der Waals surface area contributed by atoms with Crippen molar-refractivity contribution in [1.82, 2.24) is 9.88 Å². The minimum absolute atomic E-state index is 0.0965. The summed E-state index contributed by atoms with van der Waals surface area (Å²) in [5, 5.41) is 1.18. The van der Waals surface area contributed by atoms with Crippen LogP contribution in [0.2, 0.25) is 0 Å². The number of hydrogen-bond acceptors (Lipinski definition) is 4. The van der Waals surface area contributed by atoms with Crippen LogP contribution in [0.4, 0.5) is 4.39 Å². The normalized spacial score (nSPS) is 25.6. The third kappa shape index (κ3) is 3.66. The zero-order valence-corrected chi connectivity index (χ0v) is 18.6. The molecule has 1 N–H and O–H groups in total. The zero-order chi connectivity index (χ0) is 22.3. The number of benzene rings is 2. The Kier molecular flexibility index (Phi) is 5.41. The van der Waals surface area contributed by atoms with Crippen LogP contribution in [0.15, 0.2) is 42.6 Å². The molecule has 2 fully saturated rings. The molecule has 0 amide bonds. The second kappa shape index (κ2) is 8.24. The molecule has 1 saturated carbocycles. The summed E-state index contributed by atoms with van der Waals surface area (Å²) in [7, 11) is 1.72. The molecule has 0 unspecified atom stereocenters. The van der Waals surface area contributed by atoms with E-state index in [1.54, 1.807) is 7.11 Å². The monoisotopic (exact) mass is 436 g/mol. The van der Waals surface area contributed by atoms with Crippen LogP contribution in [0, 0.1) is 12.3 Å². The first kappa shape index (κ1) is 21.0. The number of carbonyl (C=O) groups excluding carboxylic acids is 1. The molecule has 6 heteroatoms. The van der Waals surface area contributed by atoms with Gasteiger partial charge < -0.3 is 14.5 Å². The van der Waals surface area contributed by atoms with Gasteiger partial charge in [0, 0.05) is 35.2 Å². The average molecular weight is 437 g/mol. The van der Waals surface area contributed by atoms with E-state index < -0.39 is 6.17 Å². The van der Waals surface area contributed by atoms with Gasteiger partial charge in [-0.25, -0.2) is 4.39 Å². The zero-order valence-electron chi connectivity index (χ0n) is 18.6. The fourth-order valence-corrected chi connectivity index (χ4v) is 5.75. The lowest BCUT2D eigenvalue weighted by Gasteiger charge is -2.53. The molecule has 2 aliphatic rings. The van der Waals surface area contributed by atoms with Crippen LogP contribution in [0.3, 0.4) is 0 Å². The maximum absolute atomic E-state index is 13.9. The molecule has 2 aromatic carbocycles. The van der Waals surface area contributed by atoms with E-state index in [-0.39, 0.29) is 11.5 Å². The van der Waals surface area contributed by atoms with E-state index in [4.69, 9.17) is 9.47 Å². The Morgan fingerprint density at radius 1 is 1.22 bits per heavy atom. The summed E-state index contributed by atoms with van der Waals surface area (Å²) in [5.74, 6) is 1.43. The van der Waals surface area contributed by atoms with Crippen molar-refractivity contribution in [2.45, 2.75) is 51.4 Å². The number of likely N-dealkylation sites (tertiary alicyclic amines) is 1. The van der Waals surface area contributed by atoms with Gasteiger partial charge in [0.15, 0.2) is 0 Å². The molecule has 0 bridgehead atoms. The second-order valence-corrected chi connectivity index (χ2v) is 9.37. The molecule has 168 valence electrons. The number of nitrogens with one attached hydrogen (secondary N) is 1. The summed E-state index contributed by atoms with van der Waals surface area (Å²) >= 11 is 0. The highest BCUT2D eigenvalue weighted by molar-refractivity contribution is 5.88. The molecule has 5 rings (SSSR count). The quantitative estimate of drug-likeness (QED) is 0.520. The van der Waals surface area contributed by atoms with E-state index >= 15 is 0 Å². The van der Waals surface area contributed by atoms with E-state index in [2.05, 4.69) is 28.9 Å². The molecule has 1 atom stereocenters. The smallest absolute Gasteiger partial charge is 0.298 e. The van der Waals surface area contributed by atoms with Crippen molar-refractivity contribution in [2.24, 2.45) is 5.41 Å². The van der Waals surface area contributed by atoms with E-state index in [1.807, 2.05) is 30.5 Å². The summed E-state index contributed by atoms with van der Waals surface area (Å²) in [6.45, 7) is 4.20. The number of rotatable bonds is 6. The number of aromatic nitrogens is 1. The first-order chi connectivity index (χ1) is 15.5. The van der Waals surface area contributed by atoms with Crippen LogP contribution >= 0.6 is 0 Å². The molecule has 0 radical (unpaired) electrons. The number of methoxy groups -OCH3 is 1. The minimum Gasteiger partial charge on any atom is -0.496 e. The first-order valence-corrected chi connectivity index (χ1v) is 11.2. The van der Waals surface area contributed by atoms with Crippen LogP contribution in [-0.4, -0.2) is 36.2 Å². The molecule has 32 heavy (non-hydrogen) atoms. The number of ether oxygens (including phenoxy) is 2. The molecule has 5 nitrogen and oxygen atoms in total. The van der Waals surface area contributed by atoms with E-state index in [0.29, 0.717) is 25.1 Å². The predicted octanol–water partition coefficient (Wildman–Crippen LogP) is 5.48. The highest BCUT2D eigenvalue weighted by atomic mass is 19.1. The molecule has 3 aromatic rings. The van der Waals surface area contributed by atoms with Crippen LogP contribution in [0.25, 0.3) is 10.9 Å². The summed E-state index contributed by atoms with van der Waals surface area (Å²) in [5.41, 5.74) is 4.74. The number of halogens is 1. The number of aryl methyl sites for hydroxylation is 1. The van der Waals surface area contributed by atoms with Crippen molar-refractivity contribution in [1.29, 1.82) is 0 Å². The number of aromatic amines is 1. The lowest BCUT2D eigenvalue weighted by Crippen LogP contribution is -2.49. The lowest BCUT2D eigenvalue weighted by atomic mass is 9.60. The van der Waals surface area contributed by atoms with Crippen molar-refractivity contribution in [2.75, 3.05) is 13.7 Å². The third-order valence-corrected chi connectivity index (χ3v) is 7.45. The van der Waals surface area contributed by atoms with Crippen molar-refractivity contribution < 1.29 is 18.7 Å². The van der Waals surface area contributed by atoms with Crippen LogP contribution < -0.4 is 9.47 Å². The van der Waals surface area contributed by atoms with Gasteiger partial charge in [-0.15, -0.1) is 0 Å². The second-order valence-electron chi connectivity index (χ2n) is 9.37. The Hall–Kier alpha value is -2.86. The number of hydrogen-bond donors (Lipinski definition) is 1. The Bertz CT molecular complexity index is 1120. The van der Waals surface area contributed by atoms with Gasteiger partial charge in [0.25, 0.3) is 6.47 Å². The molecule has 1 aromatic heterocycles. The Balaban J connectivity index is 1.49. The summed E-state index contributed by atoms with van der Waals surface area (Å²) in [4.78, 5) is 16.5. The Morgan fingerprint density at radius 2 is 2.00 bits per heavy atom. The molecule has 2 heterocycles. The predicted molar refractivity (Wildman–Crippen MR) is 122 cm³/mol. The van der Waals surface area contributed by atoms with E-state index in [9.17, 15) is 9.18 Å². The van der Waals surface area contributed by atoms with E-state index in [0.717, 1.165) is 42.8 Å². The first-order valence-electron chi connectivity index (χ1n) is 11.2. The van der Waals surface area contributed by atoms with Crippen molar-refractivity contribution >= 4 is 17.4 Å². The van der Waals surface area contributed by atoms with Gasteiger partial charge in [-0.05, 0) is 80.0 Å². The minimum atomic E-state index is -0.665. The van der Waals surface area contributed by atoms with Crippen LogP contribution in [0.1, 0.15) is 48.4 Å². The summed E-state index contributed by atoms with van der Waals surface area (Å²) in [6.07, 6.45) is 4.60. The number of fused-ring (bicyclic) bond motifs is 1. The third-order valence-electron chi connectivity index (χ3n) is 7.45. The molecule has 1 aliphatic carbocycles. The number of carbonyl (C=O) groups is 1. The molecule has 1 saturated heterocycles. The SMILES string of the molecule is COc1cc(C)c2[nH]ccc2c1CN1CCC2(CC(F)C2)C[C@@H]1c1ccc(OC=O)cc1. The van der Waals surface area contributed by atoms with Gasteiger partial charge in [0.2, 0.25) is 0 Å². The van der Waals surface area contributed by atoms with Crippen molar-refractivity contribution in [3.05, 3.63) is 59.3 Å². The van der Waals surface area contributed by atoms with Gasteiger partial charge in [-0.1, -0.05) is 12.1 Å². The van der Waals surface area contributed by atoms with Crippen molar-refractivity contribution in [3.63, 3.8) is 0 Å². The molecule has 1 spiro atoms. The van der Waals surface area contributed by atoms with Crippen molar-refractivity contribution in [3.8, 4) is 11.5 Å². The number of piperidine rings is 1. The average Bonchev–Trinajstić information content (AvgIpc) is 3.27. The largest absolute Gasteiger partial charge is 0.496 e. The van der Waals surface area contributed by atoms with Gasteiger partial charge in [0.05, 0.1) is 7.11 Å². The maximum atomic E-state index is 13.9. The molecule has 1 aliphatic heterocycles. The van der Waals surface area contributed by atoms with Gasteiger partial charge in [0.1, 0.15) is 17.7 Å². The van der Waals surface area contributed by atoms with Gasteiger partial charge >= 0.3 is 0 Å². The topological polar surface area (TPSA) is 54.6 Å². The van der Waals surface area contributed by atoms with Crippen LogP contribution in [0.5, 0.6) is 11.5 Å². The van der Waals surface area contributed by atoms with Crippen LogP contribution in [-0.2, 0) is 11.3 Å². The Labute approximate surface area is 187 Å². The molecular weight excluding hydrogens is 407 g/mol. The number of alkyl halides is 1. The summed E-state index contributed by atoms with van der Waals surface area (Å²) < 4.78 is 24.6. The fourth-order valence-electron chi connectivity index (χ4n) is 5.75. The van der Waals surface area contributed by atoms with Gasteiger partial charge in [-0.3, -0.25) is 9.69 Å².